The molecule has 2 rings (SSSR count). The van der Waals surface area contributed by atoms with Crippen molar-refractivity contribution in [3.63, 3.8) is 0 Å². The van der Waals surface area contributed by atoms with Crippen LogP contribution < -0.4 is 0 Å². The fourth-order valence-electron chi connectivity index (χ4n) is 1.95. The number of aromatic nitrogens is 2. The van der Waals surface area contributed by atoms with Crippen molar-refractivity contribution in [1.29, 1.82) is 0 Å². The van der Waals surface area contributed by atoms with Gasteiger partial charge in [-0.1, -0.05) is 0 Å². The quantitative estimate of drug-likeness (QED) is 0.834. The van der Waals surface area contributed by atoms with E-state index in [0.717, 1.165) is 0 Å². The molecule has 1 saturated heterocycles. The zero-order chi connectivity index (χ0) is 13.3. The number of nitrogens with zero attached hydrogens (tertiary/aromatic N) is 2. The van der Waals surface area contributed by atoms with Gasteiger partial charge in [0.1, 0.15) is 5.82 Å². The molecule has 8 heteroatoms. The largest absolute Gasteiger partial charge is 0.371 e. The van der Waals surface area contributed by atoms with E-state index in [1.54, 1.807) is 6.92 Å². The first-order valence-electron chi connectivity index (χ1n) is 5.66. The van der Waals surface area contributed by atoms with E-state index in [2.05, 4.69) is 9.97 Å². The molecule has 1 N–H and O–H groups in total. The maximum absolute atomic E-state index is 12.4. The summed E-state index contributed by atoms with van der Waals surface area (Å²) in [6, 6.07) is 0. The smallest absolute Gasteiger partial charge is 0.260 e. The molecule has 1 aromatic rings. The summed E-state index contributed by atoms with van der Waals surface area (Å²) >= 11 is 5.74. The van der Waals surface area contributed by atoms with Crippen LogP contribution in [-0.2, 0) is 14.8 Å². The number of morpholine rings is 1. The number of halogens is 1. The third kappa shape index (κ3) is 2.69. The Balaban J connectivity index is 2.24. The molecule has 18 heavy (non-hydrogen) atoms. The highest BCUT2D eigenvalue weighted by atomic mass is 35.5. The number of aryl methyl sites for hydroxylation is 1. The number of sulfonamides is 1. The number of imidazole rings is 1. The van der Waals surface area contributed by atoms with Gasteiger partial charge < -0.3 is 9.72 Å². The molecular formula is C10H16ClN3O3S. The molecule has 1 aromatic heterocycles. The second kappa shape index (κ2) is 5.16. The van der Waals surface area contributed by atoms with Crippen LogP contribution >= 0.6 is 11.6 Å². The average molecular weight is 294 g/mol. The van der Waals surface area contributed by atoms with Crippen molar-refractivity contribution in [3.8, 4) is 0 Å². The summed E-state index contributed by atoms with van der Waals surface area (Å²) in [5, 5.41) is 0.113. The minimum absolute atomic E-state index is 0.113. The van der Waals surface area contributed by atoms with E-state index in [4.69, 9.17) is 16.3 Å². The highest BCUT2D eigenvalue weighted by Crippen LogP contribution is 2.20. The maximum atomic E-state index is 12.4. The second-order valence-electron chi connectivity index (χ2n) is 4.38. The summed E-state index contributed by atoms with van der Waals surface area (Å²) in [6.45, 7) is 4.14. The van der Waals surface area contributed by atoms with Crippen LogP contribution in [0.4, 0.5) is 0 Å². The van der Waals surface area contributed by atoms with E-state index >= 15 is 0 Å². The standard InChI is InChI=1S/C10H16ClN3O3S/c1-7-5-14(6-9(3-11)17-7)18(15,16)10-4-12-8(2)13-10/h4,7,9H,3,5-6H2,1-2H3,(H,12,13). The number of rotatable bonds is 3. The van der Waals surface area contributed by atoms with Crippen molar-refractivity contribution >= 4 is 21.6 Å². The number of H-pyrrole nitrogens is 1. The van der Waals surface area contributed by atoms with Crippen molar-refractivity contribution in [3.05, 3.63) is 12.0 Å². The number of hydrogen-bond acceptors (Lipinski definition) is 4. The molecule has 1 fully saturated rings. The third-order valence-corrected chi connectivity index (χ3v) is 4.85. The minimum Gasteiger partial charge on any atom is -0.371 e. The minimum atomic E-state index is -3.54. The summed E-state index contributed by atoms with van der Waals surface area (Å²) < 4.78 is 31.7. The predicted octanol–water partition coefficient (Wildman–Crippen LogP) is 0.735. The van der Waals surface area contributed by atoms with E-state index in [-0.39, 0.29) is 29.7 Å². The van der Waals surface area contributed by atoms with E-state index < -0.39 is 10.0 Å². The van der Waals surface area contributed by atoms with Crippen molar-refractivity contribution in [1.82, 2.24) is 14.3 Å². The van der Waals surface area contributed by atoms with Gasteiger partial charge in [0.2, 0.25) is 0 Å². The van der Waals surface area contributed by atoms with Gasteiger partial charge in [0.25, 0.3) is 10.0 Å². The molecule has 2 atom stereocenters. The van der Waals surface area contributed by atoms with Gasteiger partial charge in [-0.3, -0.25) is 0 Å². The summed E-state index contributed by atoms with van der Waals surface area (Å²) in [4.78, 5) is 6.66. The molecule has 0 saturated carbocycles. The van der Waals surface area contributed by atoms with Crippen LogP contribution in [0.25, 0.3) is 0 Å². The number of hydrogen-bond donors (Lipinski definition) is 1. The topological polar surface area (TPSA) is 75.3 Å². The fourth-order valence-corrected chi connectivity index (χ4v) is 3.63. The summed E-state index contributed by atoms with van der Waals surface area (Å²) in [6.07, 6.45) is 0.899. The van der Waals surface area contributed by atoms with Crippen LogP contribution in [0, 0.1) is 6.92 Å². The Morgan fingerprint density at radius 2 is 2.33 bits per heavy atom. The summed E-state index contributed by atoms with van der Waals surface area (Å²) in [7, 11) is -3.54. The van der Waals surface area contributed by atoms with Gasteiger partial charge in [-0.2, -0.15) is 4.31 Å². The molecule has 0 spiro atoms. The lowest BCUT2D eigenvalue weighted by atomic mass is 10.3. The Kier molecular flexibility index (Phi) is 3.96. The van der Waals surface area contributed by atoms with Crippen molar-refractivity contribution in [2.45, 2.75) is 31.1 Å². The van der Waals surface area contributed by atoms with E-state index in [0.29, 0.717) is 12.4 Å². The Hall–Kier alpha value is -0.630. The van der Waals surface area contributed by atoms with E-state index in [1.165, 1.54) is 10.5 Å². The maximum Gasteiger partial charge on any atom is 0.260 e. The van der Waals surface area contributed by atoms with Crippen molar-refractivity contribution < 1.29 is 13.2 Å². The van der Waals surface area contributed by atoms with Crippen LogP contribution in [0.2, 0.25) is 0 Å². The number of alkyl halides is 1. The molecule has 0 aromatic carbocycles. The number of nitrogens with one attached hydrogen (secondary N) is 1. The highest BCUT2D eigenvalue weighted by Gasteiger charge is 2.34. The SMILES string of the molecule is Cc1ncc(S(=O)(=O)N2CC(C)OC(CCl)C2)[nH]1. The predicted molar refractivity (Wildman–Crippen MR) is 67.1 cm³/mol. The van der Waals surface area contributed by atoms with Gasteiger partial charge in [-0.25, -0.2) is 13.4 Å². The highest BCUT2D eigenvalue weighted by molar-refractivity contribution is 7.89. The molecule has 2 unspecified atom stereocenters. The lowest BCUT2D eigenvalue weighted by Gasteiger charge is -2.34. The molecule has 0 bridgehead atoms. The Bertz CT molecular complexity index is 516. The first-order chi connectivity index (χ1) is 8.43. The lowest BCUT2D eigenvalue weighted by molar-refractivity contribution is -0.0423. The van der Waals surface area contributed by atoms with E-state index in [9.17, 15) is 8.42 Å². The van der Waals surface area contributed by atoms with Crippen LogP contribution in [0.5, 0.6) is 0 Å². The Morgan fingerprint density at radius 1 is 1.61 bits per heavy atom. The van der Waals surface area contributed by atoms with Gasteiger partial charge in [0, 0.05) is 19.0 Å². The Morgan fingerprint density at radius 3 is 2.89 bits per heavy atom. The fraction of sp³-hybridized carbons (Fsp3) is 0.700. The van der Waals surface area contributed by atoms with E-state index in [1.807, 2.05) is 6.92 Å². The van der Waals surface area contributed by atoms with Gasteiger partial charge in [0.05, 0.1) is 18.4 Å². The molecule has 102 valence electrons. The molecular weight excluding hydrogens is 278 g/mol. The van der Waals surface area contributed by atoms with Gasteiger partial charge in [-0.15, -0.1) is 11.6 Å². The monoisotopic (exact) mass is 293 g/mol. The number of ether oxygens (including phenoxy) is 1. The third-order valence-electron chi connectivity index (χ3n) is 2.76. The molecule has 1 aliphatic rings. The van der Waals surface area contributed by atoms with Gasteiger partial charge in [-0.05, 0) is 13.8 Å². The van der Waals surface area contributed by atoms with Gasteiger partial charge >= 0.3 is 0 Å². The molecule has 1 aliphatic heterocycles. The Labute approximate surface area is 111 Å². The van der Waals surface area contributed by atoms with Crippen LogP contribution in [0.15, 0.2) is 11.2 Å². The molecule has 2 heterocycles. The normalized spacial score (nSPS) is 26.4. The first kappa shape index (κ1) is 13.8. The average Bonchev–Trinajstić information content (AvgIpc) is 2.75. The molecule has 0 amide bonds. The summed E-state index contributed by atoms with van der Waals surface area (Å²) in [5.74, 6) is 0.849. The molecule has 0 aliphatic carbocycles. The molecule has 6 nitrogen and oxygen atoms in total. The van der Waals surface area contributed by atoms with Gasteiger partial charge in [0.15, 0.2) is 5.03 Å². The second-order valence-corrected chi connectivity index (χ2v) is 6.59. The van der Waals surface area contributed by atoms with Crippen LogP contribution in [-0.4, -0.2) is 53.9 Å². The molecule has 0 radical (unpaired) electrons. The summed E-state index contributed by atoms with van der Waals surface area (Å²) in [5.41, 5.74) is 0. The zero-order valence-corrected chi connectivity index (χ0v) is 11.8. The van der Waals surface area contributed by atoms with Crippen molar-refractivity contribution in [2.75, 3.05) is 19.0 Å². The van der Waals surface area contributed by atoms with Crippen molar-refractivity contribution in [2.24, 2.45) is 0 Å². The lowest BCUT2D eigenvalue weighted by Crippen LogP contribution is -2.49. The number of aromatic amines is 1. The van der Waals surface area contributed by atoms with Crippen LogP contribution in [0.3, 0.4) is 0 Å². The van der Waals surface area contributed by atoms with Crippen LogP contribution in [0.1, 0.15) is 12.7 Å². The zero-order valence-electron chi connectivity index (χ0n) is 10.3. The first-order valence-corrected chi connectivity index (χ1v) is 7.64.